The molecule has 0 aliphatic rings. The zero-order valence-corrected chi connectivity index (χ0v) is 16.6. The molecule has 1 amide bonds. The molecule has 0 unspecified atom stereocenters. The van der Waals surface area contributed by atoms with E-state index >= 15 is 0 Å². The van der Waals surface area contributed by atoms with Crippen LogP contribution in [0.15, 0.2) is 77.8 Å². The van der Waals surface area contributed by atoms with Crippen molar-refractivity contribution in [2.24, 2.45) is 0 Å². The van der Waals surface area contributed by atoms with Gasteiger partial charge in [-0.1, -0.05) is 24.3 Å². The van der Waals surface area contributed by atoms with Gasteiger partial charge in [0, 0.05) is 29.6 Å². The van der Waals surface area contributed by atoms with Gasteiger partial charge in [0.05, 0.1) is 11.5 Å². The largest absolute Gasteiger partial charge is 0.478 e. The number of sulfonamides is 1. The molecule has 150 valence electrons. The van der Waals surface area contributed by atoms with Gasteiger partial charge in [0.1, 0.15) is 0 Å². The van der Waals surface area contributed by atoms with Crippen molar-refractivity contribution >= 4 is 21.6 Å². The predicted molar refractivity (Wildman–Crippen MR) is 110 cm³/mol. The molecule has 1 heterocycles. The van der Waals surface area contributed by atoms with Crippen LogP contribution in [0.4, 0.5) is 5.69 Å². The van der Waals surface area contributed by atoms with E-state index in [1.54, 1.807) is 54.7 Å². The number of nitrogens with zero attached hydrogens (tertiary/aromatic N) is 1. The third-order valence-corrected chi connectivity index (χ3v) is 5.42. The first-order chi connectivity index (χ1) is 14.0. The Bertz CT molecular complexity index is 1070. The first-order valence-corrected chi connectivity index (χ1v) is 10.5. The molecule has 0 saturated carbocycles. The zero-order valence-electron chi connectivity index (χ0n) is 15.8. The average Bonchev–Trinajstić information content (AvgIpc) is 2.74. The van der Waals surface area contributed by atoms with Crippen molar-refractivity contribution < 1.29 is 17.9 Å². The smallest absolute Gasteiger partial charge is 0.261 e. The summed E-state index contributed by atoms with van der Waals surface area (Å²) in [7, 11) is -3.67. The van der Waals surface area contributed by atoms with Crippen molar-refractivity contribution in [3.63, 3.8) is 0 Å². The number of benzene rings is 2. The lowest BCUT2D eigenvalue weighted by Crippen LogP contribution is -2.23. The number of amides is 1. The maximum atomic E-state index is 12.4. The number of carbonyl (C=O) groups excluding carboxylic acids is 1. The number of ether oxygens (including phenoxy) is 1. The maximum Gasteiger partial charge on any atom is 0.261 e. The topological polar surface area (TPSA) is 97.4 Å². The van der Waals surface area contributed by atoms with Gasteiger partial charge < -0.3 is 10.1 Å². The van der Waals surface area contributed by atoms with Crippen molar-refractivity contribution in [3.05, 3.63) is 84.1 Å². The highest BCUT2D eigenvalue weighted by molar-refractivity contribution is 7.92. The van der Waals surface area contributed by atoms with Gasteiger partial charge in [-0.05, 0) is 49.4 Å². The van der Waals surface area contributed by atoms with E-state index in [0.29, 0.717) is 23.7 Å². The van der Waals surface area contributed by atoms with Crippen molar-refractivity contribution in [2.45, 2.75) is 18.4 Å². The van der Waals surface area contributed by atoms with Crippen molar-refractivity contribution in [1.29, 1.82) is 0 Å². The Balaban J connectivity index is 1.63. The van der Waals surface area contributed by atoms with Crippen LogP contribution in [0.25, 0.3) is 0 Å². The fourth-order valence-corrected chi connectivity index (χ4v) is 3.69. The molecule has 0 aliphatic carbocycles. The Morgan fingerprint density at radius 1 is 1.00 bits per heavy atom. The third kappa shape index (κ3) is 5.32. The Labute approximate surface area is 169 Å². The van der Waals surface area contributed by atoms with Gasteiger partial charge in [-0.2, -0.15) is 0 Å². The van der Waals surface area contributed by atoms with E-state index < -0.39 is 10.0 Å². The van der Waals surface area contributed by atoms with Crippen LogP contribution >= 0.6 is 0 Å². The molecule has 0 saturated heterocycles. The van der Waals surface area contributed by atoms with Crippen LogP contribution in [-0.4, -0.2) is 25.9 Å². The third-order valence-electron chi connectivity index (χ3n) is 4.02. The van der Waals surface area contributed by atoms with Gasteiger partial charge >= 0.3 is 0 Å². The first-order valence-electron chi connectivity index (χ1n) is 9.02. The van der Waals surface area contributed by atoms with E-state index in [0.717, 1.165) is 5.56 Å². The molecule has 3 rings (SSSR count). The number of nitrogens with one attached hydrogen (secondary N) is 2. The molecular formula is C21H21N3O4S. The predicted octanol–water partition coefficient (Wildman–Crippen LogP) is 3.21. The van der Waals surface area contributed by atoms with Gasteiger partial charge in [-0.15, -0.1) is 0 Å². The van der Waals surface area contributed by atoms with Crippen LogP contribution in [0.3, 0.4) is 0 Å². The molecule has 0 bridgehead atoms. The molecule has 7 nitrogen and oxygen atoms in total. The van der Waals surface area contributed by atoms with Crippen molar-refractivity contribution in [2.75, 3.05) is 11.3 Å². The zero-order chi connectivity index (χ0) is 20.7. The number of pyridine rings is 1. The van der Waals surface area contributed by atoms with Crippen LogP contribution in [0.5, 0.6) is 5.88 Å². The second kappa shape index (κ2) is 9.20. The molecule has 0 atom stereocenters. The van der Waals surface area contributed by atoms with Crippen LogP contribution in [0.1, 0.15) is 22.8 Å². The second-order valence-corrected chi connectivity index (χ2v) is 7.76. The summed E-state index contributed by atoms with van der Waals surface area (Å²) in [6, 6.07) is 17.9. The maximum absolute atomic E-state index is 12.4. The first kappa shape index (κ1) is 20.3. The summed E-state index contributed by atoms with van der Waals surface area (Å²) in [4.78, 5) is 16.7. The Morgan fingerprint density at radius 3 is 2.41 bits per heavy atom. The molecule has 0 aliphatic heterocycles. The number of rotatable bonds is 8. The molecule has 0 radical (unpaired) electrons. The summed E-state index contributed by atoms with van der Waals surface area (Å²) in [5.41, 5.74) is 1.56. The minimum Gasteiger partial charge on any atom is -0.478 e. The van der Waals surface area contributed by atoms with E-state index in [-0.39, 0.29) is 17.3 Å². The summed E-state index contributed by atoms with van der Waals surface area (Å²) < 4.78 is 32.7. The van der Waals surface area contributed by atoms with Gasteiger partial charge in [0.25, 0.3) is 15.9 Å². The molecule has 2 N–H and O–H groups in total. The lowest BCUT2D eigenvalue weighted by molar-refractivity contribution is 0.0950. The van der Waals surface area contributed by atoms with Crippen molar-refractivity contribution in [1.82, 2.24) is 10.3 Å². The second-order valence-electron chi connectivity index (χ2n) is 6.08. The normalized spacial score (nSPS) is 10.9. The Kier molecular flexibility index (Phi) is 6.46. The number of hydrogen-bond donors (Lipinski definition) is 2. The van der Waals surface area contributed by atoms with E-state index in [4.69, 9.17) is 4.74 Å². The van der Waals surface area contributed by atoms with Crippen LogP contribution in [0.2, 0.25) is 0 Å². The molecule has 0 fully saturated rings. The minimum atomic E-state index is -3.67. The van der Waals surface area contributed by atoms with E-state index in [9.17, 15) is 13.2 Å². The number of hydrogen-bond acceptors (Lipinski definition) is 5. The Morgan fingerprint density at radius 2 is 1.72 bits per heavy atom. The monoisotopic (exact) mass is 411 g/mol. The summed E-state index contributed by atoms with van der Waals surface area (Å²) in [5.74, 6) is 0.203. The van der Waals surface area contributed by atoms with Crippen LogP contribution < -0.4 is 14.8 Å². The van der Waals surface area contributed by atoms with Gasteiger partial charge in [-0.25, -0.2) is 13.4 Å². The highest BCUT2D eigenvalue weighted by atomic mass is 32.2. The van der Waals surface area contributed by atoms with E-state index in [1.807, 2.05) is 13.0 Å². The number of carbonyl (C=O) groups is 1. The molecular weight excluding hydrogens is 390 g/mol. The summed E-state index contributed by atoms with van der Waals surface area (Å²) in [6.07, 6.45) is 1.63. The highest BCUT2D eigenvalue weighted by Gasteiger charge is 2.14. The fourth-order valence-electron chi connectivity index (χ4n) is 2.61. The molecule has 2 aromatic carbocycles. The quantitative estimate of drug-likeness (QED) is 0.593. The lowest BCUT2D eigenvalue weighted by atomic mass is 10.2. The van der Waals surface area contributed by atoms with Crippen LogP contribution in [0, 0.1) is 0 Å². The highest BCUT2D eigenvalue weighted by Crippen LogP contribution is 2.17. The standard InChI is InChI=1S/C21H21N3O4S/c1-2-28-21-17(7-6-14-22-21)15-23-20(25)16-10-12-18(13-11-16)24-29(26,27)19-8-4-3-5-9-19/h3-14,24H,2,15H2,1H3,(H,23,25). The van der Waals surface area contributed by atoms with Gasteiger partial charge in [0.2, 0.25) is 5.88 Å². The lowest BCUT2D eigenvalue weighted by Gasteiger charge is -2.11. The minimum absolute atomic E-state index is 0.170. The van der Waals surface area contributed by atoms with Crippen LogP contribution in [-0.2, 0) is 16.6 Å². The molecule has 8 heteroatoms. The number of aromatic nitrogens is 1. The van der Waals surface area contributed by atoms with Gasteiger partial charge in [-0.3, -0.25) is 9.52 Å². The van der Waals surface area contributed by atoms with E-state index in [1.165, 1.54) is 12.1 Å². The fraction of sp³-hybridized carbons (Fsp3) is 0.143. The number of anilines is 1. The summed E-state index contributed by atoms with van der Waals surface area (Å²) in [6.45, 7) is 2.62. The van der Waals surface area contributed by atoms with E-state index in [2.05, 4.69) is 15.0 Å². The summed E-state index contributed by atoms with van der Waals surface area (Å²) in [5, 5.41) is 2.81. The van der Waals surface area contributed by atoms with Crippen molar-refractivity contribution in [3.8, 4) is 5.88 Å². The Hall–Kier alpha value is -3.39. The SMILES string of the molecule is CCOc1ncccc1CNC(=O)c1ccc(NS(=O)(=O)c2ccccc2)cc1. The summed E-state index contributed by atoms with van der Waals surface area (Å²) >= 11 is 0. The average molecular weight is 411 g/mol. The molecule has 1 aromatic heterocycles. The molecule has 3 aromatic rings. The molecule has 0 spiro atoms. The molecule has 29 heavy (non-hydrogen) atoms. The van der Waals surface area contributed by atoms with Gasteiger partial charge in [0.15, 0.2) is 0 Å².